The van der Waals surface area contributed by atoms with Crippen LogP contribution in [0.3, 0.4) is 0 Å². The predicted molar refractivity (Wildman–Crippen MR) is 311 cm³/mol. The monoisotopic (exact) mass is 1000 g/mol. The van der Waals surface area contributed by atoms with Crippen molar-refractivity contribution in [2.45, 2.75) is 56.9 Å². The highest BCUT2D eigenvalue weighted by Gasteiger charge is 2.40. The van der Waals surface area contributed by atoms with Crippen LogP contribution >= 0.6 is 0 Å². The van der Waals surface area contributed by atoms with Gasteiger partial charge in [0.15, 0.2) is 0 Å². The van der Waals surface area contributed by atoms with Crippen LogP contribution in [0.2, 0.25) is 0 Å². The van der Waals surface area contributed by atoms with Gasteiger partial charge in [-0.1, -0.05) is 178 Å². The zero-order valence-corrected chi connectivity index (χ0v) is 43.7. The van der Waals surface area contributed by atoms with Gasteiger partial charge in [-0.25, -0.2) is 0 Å². The summed E-state index contributed by atoms with van der Waals surface area (Å²) < 4.78 is 27.7. The quantitative estimate of drug-likeness (QED) is 0.109. The minimum Gasteiger partial charge on any atom is -0.374 e. The lowest BCUT2D eigenvalue weighted by molar-refractivity contribution is -0.0930. The van der Waals surface area contributed by atoms with Crippen molar-refractivity contribution in [3.63, 3.8) is 0 Å². The Morgan fingerprint density at radius 2 is 0.870 bits per heavy atom. The highest BCUT2D eigenvalue weighted by molar-refractivity contribution is 6.10. The first-order valence-electron chi connectivity index (χ1n) is 26.8. The van der Waals surface area contributed by atoms with Gasteiger partial charge in [0.05, 0.1) is 24.2 Å². The lowest BCUT2D eigenvalue weighted by Crippen LogP contribution is -2.28. The van der Waals surface area contributed by atoms with Crippen molar-refractivity contribution in [1.29, 1.82) is 0 Å². The molecule has 14 rings (SSSR count). The average molecular weight is 1000 g/mol. The lowest BCUT2D eigenvalue weighted by atomic mass is 9.82. The zero-order chi connectivity index (χ0) is 51.8. The van der Waals surface area contributed by atoms with Gasteiger partial charge >= 0.3 is 0 Å². The number of fused-ring (bicyclic) bond motifs is 8. The van der Waals surface area contributed by atoms with E-state index in [2.05, 4.69) is 254 Å². The first-order valence-corrected chi connectivity index (χ1v) is 26.8. The molecule has 1 aromatic heterocycles. The average Bonchev–Trinajstić information content (AvgIpc) is 3.94. The zero-order valence-electron chi connectivity index (χ0n) is 43.7. The number of nitrogens with zero attached hydrogens (tertiary/aromatic N) is 2. The third kappa shape index (κ3) is 7.94. The molecule has 4 atom stereocenters. The maximum absolute atomic E-state index is 6.73. The van der Waals surface area contributed by atoms with E-state index in [1.807, 2.05) is 0 Å². The number of rotatable bonds is 14. The highest BCUT2D eigenvalue weighted by Crippen LogP contribution is 2.52. The van der Waals surface area contributed by atoms with E-state index in [1.165, 1.54) is 66.4 Å². The molecule has 3 aliphatic carbocycles. The molecule has 6 nitrogen and oxygen atoms in total. The summed E-state index contributed by atoms with van der Waals surface area (Å²) >= 11 is 0. The van der Waals surface area contributed by atoms with Gasteiger partial charge in [0.25, 0.3) is 0 Å². The molecule has 1 heterocycles. The van der Waals surface area contributed by atoms with Gasteiger partial charge in [-0.15, -0.1) is 0 Å². The Balaban J connectivity index is 0.818. The third-order valence-corrected chi connectivity index (χ3v) is 16.6. The summed E-state index contributed by atoms with van der Waals surface area (Å²) in [5, 5.41) is 2.38. The lowest BCUT2D eigenvalue weighted by Gasteiger charge is -2.38. The van der Waals surface area contributed by atoms with Gasteiger partial charge in [0, 0.05) is 53.2 Å². The van der Waals surface area contributed by atoms with Crippen LogP contribution in [0.1, 0.15) is 82.8 Å². The number of ether oxygens (including phenoxy) is 4. The second kappa shape index (κ2) is 19.0. The Kier molecular flexibility index (Phi) is 11.6. The summed E-state index contributed by atoms with van der Waals surface area (Å²) in [6.07, 6.45) is -0.489. The van der Waals surface area contributed by atoms with Crippen LogP contribution in [0.25, 0.3) is 60.9 Å². The predicted octanol–water partition coefficient (Wildman–Crippen LogP) is 17.8. The Morgan fingerprint density at radius 1 is 0.390 bits per heavy atom. The highest BCUT2D eigenvalue weighted by atomic mass is 16.5. The van der Waals surface area contributed by atoms with Crippen LogP contribution in [0.15, 0.2) is 231 Å². The van der Waals surface area contributed by atoms with Crippen LogP contribution < -0.4 is 4.90 Å². The van der Waals surface area contributed by atoms with E-state index in [1.54, 1.807) is 14.2 Å². The first kappa shape index (κ1) is 47.1. The number of para-hydroxylation sites is 1. The Labute approximate surface area is 450 Å². The van der Waals surface area contributed by atoms with Crippen LogP contribution in [0, 0.1) is 0 Å². The molecule has 0 spiro atoms. The first-order chi connectivity index (χ1) is 37.8. The number of aromatic nitrogens is 1. The number of anilines is 3. The second-order valence-electron chi connectivity index (χ2n) is 21.3. The summed E-state index contributed by atoms with van der Waals surface area (Å²) in [6.45, 7) is 5.53. The van der Waals surface area contributed by atoms with Crippen molar-refractivity contribution in [3.05, 3.63) is 275 Å². The van der Waals surface area contributed by atoms with Gasteiger partial charge in [0.1, 0.15) is 24.4 Å². The Bertz CT molecular complexity index is 3950. The molecule has 10 aromatic carbocycles. The normalized spacial score (nSPS) is 17.5. The summed E-state index contributed by atoms with van der Waals surface area (Å²) in [7, 11) is 3.52. The van der Waals surface area contributed by atoms with E-state index in [9.17, 15) is 0 Å². The Morgan fingerprint density at radius 3 is 1.49 bits per heavy atom. The number of hydrogen-bond donors (Lipinski definition) is 0. The molecule has 6 heteroatoms. The smallest absolute Gasteiger partial charge is 0.114 e. The molecule has 0 radical (unpaired) electrons. The fourth-order valence-corrected chi connectivity index (χ4v) is 12.7. The van der Waals surface area contributed by atoms with Gasteiger partial charge in [-0.2, -0.15) is 0 Å². The van der Waals surface area contributed by atoms with E-state index < -0.39 is 0 Å². The van der Waals surface area contributed by atoms with Gasteiger partial charge < -0.3 is 28.4 Å². The standard InChI is InChI=1S/C71H58N2O4/c1-71(2)63-24-14-12-18-55(63)56-36-35-53(42-64(56)71)72(51-31-26-48(27-32-51)47-16-6-5-7-17-47)52-33-28-49(29-34-52)50-30-37-66-62(41-50)57-19-13-15-25-65(57)73(66)54-39-45(43-76-69-60-22-10-8-20-58(60)67(69)74-3)38-46(40-54)44-77-70-61-23-11-9-21-59(61)68(70)75-4/h5-42,67-70H,43-44H2,1-4H3. The molecule has 3 aliphatic rings. The number of benzene rings is 10. The Hall–Kier alpha value is -8.36. The molecule has 4 unspecified atom stereocenters. The molecule has 0 fully saturated rings. The van der Waals surface area contributed by atoms with E-state index >= 15 is 0 Å². The van der Waals surface area contributed by atoms with Crippen molar-refractivity contribution in [3.8, 4) is 39.1 Å². The van der Waals surface area contributed by atoms with Crippen molar-refractivity contribution in [2.75, 3.05) is 19.1 Å². The third-order valence-electron chi connectivity index (χ3n) is 16.6. The SMILES string of the molecule is COC1c2ccccc2C1OCc1cc(COC2c3ccccc3C2OC)cc(-n2c3ccccc3c3cc(-c4ccc(N(c5ccc(-c6ccccc6)cc5)c5ccc6c(c5)C(C)(C)c5ccccc5-6)cc4)ccc32)c1. The topological polar surface area (TPSA) is 45.1 Å². The molecule has 77 heavy (non-hydrogen) atoms. The van der Waals surface area contributed by atoms with E-state index in [-0.39, 0.29) is 29.8 Å². The van der Waals surface area contributed by atoms with Crippen molar-refractivity contribution in [2.24, 2.45) is 0 Å². The molecule has 0 saturated heterocycles. The number of hydrogen-bond acceptors (Lipinski definition) is 5. The largest absolute Gasteiger partial charge is 0.374 e. The molecule has 0 amide bonds. The van der Waals surface area contributed by atoms with Gasteiger partial charge in [0.2, 0.25) is 0 Å². The minimum absolute atomic E-state index is 0.0998. The van der Waals surface area contributed by atoms with Crippen LogP contribution in [0.4, 0.5) is 17.1 Å². The van der Waals surface area contributed by atoms with Gasteiger partial charge in [-0.05, 0) is 145 Å². The molecular weight excluding hydrogens is 945 g/mol. The summed E-state index contributed by atoms with van der Waals surface area (Å²) in [4.78, 5) is 2.40. The fourth-order valence-electron chi connectivity index (χ4n) is 12.7. The van der Waals surface area contributed by atoms with Gasteiger partial charge in [-0.3, -0.25) is 0 Å². The van der Waals surface area contributed by atoms with Crippen molar-refractivity contribution >= 4 is 38.9 Å². The summed E-state index contributed by atoms with van der Waals surface area (Å²) in [6, 6.07) is 83.8. The molecular formula is C71H58N2O4. The summed E-state index contributed by atoms with van der Waals surface area (Å²) in [5.41, 5.74) is 23.4. The maximum Gasteiger partial charge on any atom is 0.114 e. The van der Waals surface area contributed by atoms with Crippen LogP contribution in [-0.4, -0.2) is 18.8 Å². The molecule has 0 aliphatic heterocycles. The van der Waals surface area contributed by atoms with E-state index in [4.69, 9.17) is 18.9 Å². The van der Waals surface area contributed by atoms with E-state index in [0.717, 1.165) is 56.0 Å². The fraction of sp³-hybridized carbons (Fsp3) is 0.155. The molecule has 0 bridgehead atoms. The minimum atomic E-state index is -0.145. The van der Waals surface area contributed by atoms with Crippen molar-refractivity contribution in [1.82, 2.24) is 4.57 Å². The second-order valence-corrected chi connectivity index (χ2v) is 21.3. The van der Waals surface area contributed by atoms with Crippen LogP contribution in [0.5, 0.6) is 0 Å². The van der Waals surface area contributed by atoms with Crippen LogP contribution in [-0.2, 0) is 37.6 Å². The van der Waals surface area contributed by atoms with E-state index in [0.29, 0.717) is 13.2 Å². The molecule has 11 aromatic rings. The number of methoxy groups -OCH3 is 2. The molecule has 0 N–H and O–H groups in total. The maximum atomic E-state index is 6.73. The molecule has 376 valence electrons. The summed E-state index contributed by atoms with van der Waals surface area (Å²) in [5.74, 6) is 0. The molecule has 0 saturated carbocycles. The van der Waals surface area contributed by atoms with Crippen molar-refractivity contribution < 1.29 is 18.9 Å².